The van der Waals surface area contributed by atoms with E-state index in [9.17, 15) is 8.42 Å². The molecule has 1 aliphatic rings. The number of rotatable bonds is 8. The van der Waals surface area contributed by atoms with Gasteiger partial charge in [-0.15, -0.1) is 0 Å². The first kappa shape index (κ1) is 19.6. The van der Waals surface area contributed by atoms with E-state index in [2.05, 4.69) is 22.1 Å². The summed E-state index contributed by atoms with van der Waals surface area (Å²) in [6, 6.07) is 12.0. The molecular formula is C20H28N4O2S. The maximum Gasteiger partial charge on any atom is 0.225 e. The van der Waals surface area contributed by atoms with Crippen molar-refractivity contribution < 1.29 is 8.42 Å². The topological polar surface area (TPSA) is 75.2 Å². The molecule has 7 heteroatoms. The zero-order valence-corrected chi connectivity index (χ0v) is 16.9. The van der Waals surface area contributed by atoms with Gasteiger partial charge in [0, 0.05) is 30.8 Å². The van der Waals surface area contributed by atoms with Gasteiger partial charge < -0.3 is 10.2 Å². The smallest absolute Gasteiger partial charge is 0.225 e. The highest BCUT2D eigenvalue weighted by Gasteiger charge is 2.32. The summed E-state index contributed by atoms with van der Waals surface area (Å²) < 4.78 is 23.9. The molecule has 1 aromatic carbocycles. The summed E-state index contributed by atoms with van der Waals surface area (Å²) in [5.41, 5.74) is 1.87. The van der Waals surface area contributed by atoms with E-state index in [-0.39, 0.29) is 17.5 Å². The van der Waals surface area contributed by atoms with Crippen molar-refractivity contribution in [2.24, 2.45) is 0 Å². The van der Waals surface area contributed by atoms with E-state index in [0.717, 1.165) is 36.5 Å². The van der Waals surface area contributed by atoms with Gasteiger partial charge in [0.2, 0.25) is 5.95 Å². The number of unbranched alkanes of at least 4 members (excludes halogenated alkanes) is 1. The molecule has 3 rings (SSSR count). The maximum atomic E-state index is 12.0. The van der Waals surface area contributed by atoms with Crippen molar-refractivity contribution in [3.8, 4) is 11.3 Å². The molecule has 1 aromatic heterocycles. The number of nitrogens with one attached hydrogen (secondary N) is 1. The largest absolute Gasteiger partial charge is 0.354 e. The zero-order chi connectivity index (χ0) is 19.3. The van der Waals surface area contributed by atoms with Crippen LogP contribution in [-0.2, 0) is 9.84 Å². The SMILES string of the molecule is CCCCNc1nc(-c2ccccc2)cc(N(CC)C2CCS(=O)(=O)C2)n1. The predicted molar refractivity (Wildman–Crippen MR) is 111 cm³/mol. The van der Waals surface area contributed by atoms with Crippen molar-refractivity contribution in [2.45, 2.75) is 39.2 Å². The van der Waals surface area contributed by atoms with Gasteiger partial charge in [-0.05, 0) is 19.8 Å². The predicted octanol–water partition coefficient (Wildman–Crippen LogP) is 3.37. The number of benzene rings is 1. The zero-order valence-electron chi connectivity index (χ0n) is 16.1. The summed E-state index contributed by atoms with van der Waals surface area (Å²) in [6.45, 7) is 5.71. The van der Waals surface area contributed by atoms with Gasteiger partial charge in [-0.3, -0.25) is 0 Å². The summed E-state index contributed by atoms with van der Waals surface area (Å²) >= 11 is 0. The molecule has 27 heavy (non-hydrogen) atoms. The van der Waals surface area contributed by atoms with Crippen LogP contribution in [0.2, 0.25) is 0 Å². The average Bonchev–Trinajstić information content (AvgIpc) is 3.03. The first-order chi connectivity index (χ1) is 13.0. The monoisotopic (exact) mass is 388 g/mol. The van der Waals surface area contributed by atoms with Crippen molar-refractivity contribution >= 4 is 21.6 Å². The second kappa shape index (κ2) is 8.69. The highest BCUT2D eigenvalue weighted by Crippen LogP contribution is 2.27. The third-order valence-corrected chi connectivity index (χ3v) is 6.63. The molecule has 1 N–H and O–H groups in total. The van der Waals surface area contributed by atoms with Crippen LogP contribution in [0.25, 0.3) is 11.3 Å². The lowest BCUT2D eigenvalue weighted by Gasteiger charge is -2.28. The minimum atomic E-state index is -2.95. The fraction of sp³-hybridized carbons (Fsp3) is 0.500. The van der Waals surface area contributed by atoms with Crippen LogP contribution in [0.3, 0.4) is 0 Å². The molecule has 2 aromatic rings. The molecule has 6 nitrogen and oxygen atoms in total. The van der Waals surface area contributed by atoms with E-state index < -0.39 is 9.84 Å². The van der Waals surface area contributed by atoms with Crippen LogP contribution in [0.4, 0.5) is 11.8 Å². The van der Waals surface area contributed by atoms with Crippen LogP contribution in [0.1, 0.15) is 33.1 Å². The molecule has 1 fully saturated rings. The van der Waals surface area contributed by atoms with Crippen molar-refractivity contribution in [1.82, 2.24) is 9.97 Å². The first-order valence-electron chi connectivity index (χ1n) is 9.68. The van der Waals surface area contributed by atoms with Gasteiger partial charge >= 0.3 is 0 Å². The van der Waals surface area contributed by atoms with Gasteiger partial charge in [0.15, 0.2) is 9.84 Å². The van der Waals surface area contributed by atoms with Gasteiger partial charge in [-0.2, -0.15) is 4.98 Å². The second-order valence-corrected chi connectivity index (χ2v) is 9.15. The third-order valence-electron chi connectivity index (χ3n) is 4.88. The molecule has 1 aliphatic heterocycles. The molecule has 0 saturated carbocycles. The van der Waals surface area contributed by atoms with E-state index in [4.69, 9.17) is 4.98 Å². The van der Waals surface area contributed by atoms with E-state index in [1.165, 1.54) is 0 Å². The molecule has 0 amide bonds. The average molecular weight is 389 g/mol. The minimum absolute atomic E-state index is 0.0259. The molecule has 1 atom stereocenters. The van der Waals surface area contributed by atoms with Crippen LogP contribution in [0.5, 0.6) is 0 Å². The lowest BCUT2D eigenvalue weighted by molar-refractivity contribution is 0.599. The second-order valence-electron chi connectivity index (χ2n) is 6.92. The quantitative estimate of drug-likeness (QED) is 0.699. The van der Waals surface area contributed by atoms with Crippen molar-refractivity contribution in [2.75, 3.05) is 34.8 Å². The van der Waals surface area contributed by atoms with Crippen LogP contribution in [0.15, 0.2) is 36.4 Å². The van der Waals surface area contributed by atoms with Gasteiger partial charge in [-0.1, -0.05) is 43.7 Å². The Labute approximate surface area is 162 Å². The number of nitrogens with zero attached hydrogens (tertiary/aromatic N) is 3. The minimum Gasteiger partial charge on any atom is -0.354 e. The van der Waals surface area contributed by atoms with Gasteiger partial charge in [0.1, 0.15) is 5.82 Å². The van der Waals surface area contributed by atoms with Crippen LogP contribution < -0.4 is 10.2 Å². The summed E-state index contributed by atoms with van der Waals surface area (Å²) in [7, 11) is -2.95. The highest BCUT2D eigenvalue weighted by molar-refractivity contribution is 7.91. The Kier molecular flexibility index (Phi) is 6.31. The highest BCUT2D eigenvalue weighted by atomic mass is 32.2. The first-order valence-corrected chi connectivity index (χ1v) is 11.5. The van der Waals surface area contributed by atoms with Crippen LogP contribution in [0, 0.1) is 0 Å². The van der Waals surface area contributed by atoms with Gasteiger partial charge in [0.05, 0.1) is 17.2 Å². The number of sulfone groups is 1. The van der Waals surface area contributed by atoms with Gasteiger partial charge in [0.25, 0.3) is 0 Å². The molecule has 0 spiro atoms. The lowest BCUT2D eigenvalue weighted by atomic mass is 10.1. The molecule has 1 saturated heterocycles. The van der Waals surface area contributed by atoms with E-state index in [0.29, 0.717) is 18.9 Å². The molecule has 0 aliphatic carbocycles. The fourth-order valence-electron chi connectivity index (χ4n) is 3.42. The maximum absolute atomic E-state index is 12.0. The Bertz CT molecular complexity index is 856. The molecule has 0 bridgehead atoms. The Hall–Kier alpha value is -2.15. The van der Waals surface area contributed by atoms with E-state index >= 15 is 0 Å². The molecule has 1 unspecified atom stereocenters. The number of hydrogen-bond acceptors (Lipinski definition) is 6. The molecular weight excluding hydrogens is 360 g/mol. The number of hydrogen-bond donors (Lipinski definition) is 1. The van der Waals surface area contributed by atoms with Crippen molar-refractivity contribution in [3.63, 3.8) is 0 Å². The molecule has 0 radical (unpaired) electrons. The molecule has 2 heterocycles. The lowest BCUT2D eigenvalue weighted by Crippen LogP contribution is -2.37. The normalized spacial score (nSPS) is 18.4. The Morgan fingerprint density at radius 2 is 1.96 bits per heavy atom. The number of anilines is 2. The van der Waals surface area contributed by atoms with Crippen LogP contribution >= 0.6 is 0 Å². The van der Waals surface area contributed by atoms with Crippen molar-refractivity contribution in [3.05, 3.63) is 36.4 Å². The Balaban J connectivity index is 1.95. The summed E-state index contributed by atoms with van der Waals surface area (Å²) in [6.07, 6.45) is 2.80. The van der Waals surface area contributed by atoms with E-state index in [1.807, 2.05) is 43.3 Å². The Morgan fingerprint density at radius 3 is 2.59 bits per heavy atom. The standard InChI is InChI=1S/C20H28N4O2S/c1-3-5-12-21-20-22-18(16-9-7-6-8-10-16)14-19(23-20)24(4-2)17-11-13-27(25,26)15-17/h6-10,14,17H,3-5,11-13,15H2,1-2H3,(H,21,22,23). The van der Waals surface area contributed by atoms with E-state index in [1.54, 1.807) is 0 Å². The van der Waals surface area contributed by atoms with Crippen LogP contribution in [-0.4, -0.2) is 49.0 Å². The van der Waals surface area contributed by atoms with Gasteiger partial charge in [-0.25, -0.2) is 13.4 Å². The third kappa shape index (κ3) is 4.97. The molecule has 146 valence electrons. The Morgan fingerprint density at radius 1 is 1.19 bits per heavy atom. The summed E-state index contributed by atoms with van der Waals surface area (Å²) in [4.78, 5) is 11.5. The summed E-state index contributed by atoms with van der Waals surface area (Å²) in [5.74, 6) is 1.84. The van der Waals surface area contributed by atoms with Crippen molar-refractivity contribution in [1.29, 1.82) is 0 Å². The summed E-state index contributed by atoms with van der Waals surface area (Å²) in [5, 5.41) is 3.31. The number of aromatic nitrogens is 2. The fourth-order valence-corrected chi connectivity index (χ4v) is 5.15.